The molecule has 0 aromatic carbocycles. The Morgan fingerprint density at radius 1 is 1.27 bits per heavy atom. The SMILES string of the molecule is CC1CCC(C(=O)CCC(C)(C)N)CC1. The molecule has 88 valence electrons. The summed E-state index contributed by atoms with van der Waals surface area (Å²) in [6.07, 6.45) is 6.14. The summed E-state index contributed by atoms with van der Waals surface area (Å²) in [4.78, 5) is 11.9. The van der Waals surface area contributed by atoms with Crippen LogP contribution in [-0.4, -0.2) is 11.3 Å². The molecule has 0 bridgehead atoms. The molecule has 0 heterocycles. The van der Waals surface area contributed by atoms with Crippen LogP contribution in [0.2, 0.25) is 0 Å². The van der Waals surface area contributed by atoms with Crippen molar-refractivity contribution in [1.29, 1.82) is 0 Å². The summed E-state index contributed by atoms with van der Waals surface area (Å²) in [7, 11) is 0. The highest BCUT2D eigenvalue weighted by atomic mass is 16.1. The van der Waals surface area contributed by atoms with E-state index < -0.39 is 0 Å². The number of rotatable bonds is 4. The minimum atomic E-state index is -0.197. The third-order valence-electron chi connectivity index (χ3n) is 3.49. The van der Waals surface area contributed by atoms with Crippen LogP contribution < -0.4 is 5.73 Å². The van der Waals surface area contributed by atoms with E-state index in [9.17, 15) is 4.79 Å². The Bertz CT molecular complexity index is 209. The van der Waals surface area contributed by atoms with E-state index in [1.807, 2.05) is 13.8 Å². The minimum Gasteiger partial charge on any atom is -0.326 e. The highest BCUT2D eigenvalue weighted by Gasteiger charge is 2.25. The molecule has 2 N–H and O–H groups in total. The number of carbonyl (C=O) groups excluding carboxylic acids is 1. The molecular weight excluding hydrogens is 186 g/mol. The molecule has 2 heteroatoms. The van der Waals surface area contributed by atoms with Crippen molar-refractivity contribution >= 4 is 5.78 Å². The van der Waals surface area contributed by atoms with E-state index in [0.717, 1.165) is 25.2 Å². The third kappa shape index (κ3) is 4.78. The lowest BCUT2D eigenvalue weighted by molar-refractivity contribution is -0.124. The second kappa shape index (κ2) is 5.11. The normalized spacial score (nSPS) is 27.7. The Morgan fingerprint density at radius 3 is 2.27 bits per heavy atom. The quantitative estimate of drug-likeness (QED) is 0.777. The molecule has 0 aliphatic heterocycles. The molecule has 1 aliphatic carbocycles. The van der Waals surface area contributed by atoms with Crippen LogP contribution in [0.15, 0.2) is 0 Å². The van der Waals surface area contributed by atoms with Gasteiger partial charge in [0, 0.05) is 17.9 Å². The maximum absolute atomic E-state index is 11.9. The number of ketones is 1. The van der Waals surface area contributed by atoms with Crippen molar-refractivity contribution in [2.75, 3.05) is 0 Å². The van der Waals surface area contributed by atoms with E-state index in [1.165, 1.54) is 12.8 Å². The first-order valence-electron chi connectivity index (χ1n) is 6.20. The number of carbonyl (C=O) groups is 1. The van der Waals surface area contributed by atoms with E-state index in [-0.39, 0.29) is 5.54 Å². The Labute approximate surface area is 93.6 Å². The van der Waals surface area contributed by atoms with Gasteiger partial charge in [-0.15, -0.1) is 0 Å². The van der Waals surface area contributed by atoms with Crippen molar-refractivity contribution in [1.82, 2.24) is 0 Å². The summed E-state index contributed by atoms with van der Waals surface area (Å²) in [6, 6.07) is 0. The van der Waals surface area contributed by atoms with Crippen LogP contribution in [0, 0.1) is 11.8 Å². The first kappa shape index (κ1) is 12.7. The van der Waals surface area contributed by atoms with Gasteiger partial charge in [-0.2, -0.15) is 0 Å². The molecule has 1 aliphatic rings. The molecule has 0 unspecified atom stereocenters. The lowest BCUT2D eigenvalue weighted by Crippen LogP contribution is -2.33. The van der Waals surface area contributed by atoms with Crippen molar-refractivity contribution in [3.05, 3.63) is 0 Å². The summed E-state index contributed by atoms with van der Waals surface area (Å²) >= 11 is 0. The van der Waals surface area contributed by atoms with Crippen LogP contribution in [-0.2, 0) is 4.79 Å². The molecule has 0 amide bonds. The van der Waals surface area contributed by atoms with E-state index in [1.54, 1.807) is 0 Å². The van der Waals surface area contributed by atoms with Crippen molar-refractivity contribution in [2.45, 2.75) is 64.8 Å². The fourth-order valence-corrected chi connectivity index (χ4v) is 2.23. The average molecular weight is 211 g/mol. The second-order valence-electron chi connectivity index (χ2n) is 5.91. The van der Waals surface area contributed by atoms with Crippen LogP contribution >= 0.6 is 0 Å². The molecule has 15 heavy (non-hydrogen) atoms. The van der Waals surface area contributed by atoms with E-state index >= 15 is 0 Å². The smallest absolute Gasteiger partial charge is 0.136 e. The second-order valence-corrected chi connectivity index (χ2v) is 5.91. The predicted octanol–water partition coefficient (Wildman–Crippen LogP) is 2.90. The summed E-state index contributed by atoms with van der Waals surface area (Å²) < 4.78 is 0. The summed E-state index contributed by atoms with van der Waals surface area (Å²) in [5.41, 5.74) is 5.69. The van der Waals surface area contributed by atoms with Crippen molar-refractivity contribution in [3.63, 3.8) is 0 Å². The molecule has 1 fully saturated rings. The number of nitrogens with two attached hydrogens (primary N) is 1. The van der Waals surface area contributed by atoms with Crippen molar-refractivity contribution in [2.24, 2.45) is 17.6 Å². The number of hydrogen-bond acceptors (Lipinski definition) is 2. The van der Waals surface area contributed by atoms with Gasteiger partial charge < -0.3 is 5.73 Å². The van der Waals surface area contributed by atoms with Crippen LogP contribution in [0.25, 0.3) is 0 Å². The van der Waals surface area contributed by atoms with Gasteiger partial charge in [0.25, 0.3) is 0 Å². The summed E-state index contributed by atoms with van der Waals surface area (Å²) in [6.45, 7) is 6.26. The fourth-order valence-electron chi connectivity index (χ4n) is 2.23. The lowest BCUT2D eigenvalue weighted by Gasteiger charge is -2.26. The standard InChI is InChI=1S/C13H25NO/c1-10-4-6-11(7-5-10)12(15)8-9-13(2,3)14/h10-11H,4-9,14H2,1-3H3. The Balaban J connectivity index is 2.29. The summed E-state index contributed by atoms with van der Waals surface area (Å²) in [5, 5.41) is 0. The van der Waals surface area contributed by atoms with Gasteiger partial charge in [-0.05, 0) is 39.0 Å². The molecular formula is C13H25NO. The van der Waals surface area contributed by atoms with E-state index in [2.05, 4.69) is 6.92 Å². The first-order valence-corrected chi connectivity index (χ1v) is 6.20. The molecule has 0 saturated heterocycles. The summed E-state index contributed by atoms with van der Waals surface area (Å²) in [5.74, 6) is 1.60. The van der Waals surface area contributed by atoms with Gasteiger partial charge >= 0.3 is 0 Å². The molecule has 0 radical (unpaired) electrons. The van der Waals surface area contributed by atoms with Gasteiger partial charge in [0.2, 0.25) is 0 Å². The van der Waals surface area contributed by atoms with Crippen LogP contribution in [0.3, 0.4) is 0 Å². The third-order valence-corrected chi connectivity index (χ3v) is 3.49. The topological polar surface area (TPSA) is 43.1 Å². The zero-order valence-electron chi connectivity index (χ0n) is 10.4. The highest BCUT2D eigenvalue weighted by Crippen LogP contribution is 2.30. The maximum atomic E-state index is 11.9. The van der Waals surface area contributed by atoms with E-state index in [4.69, 9.17) is 5.73 Å². The monoisotopic (exact) mass is 211 g/mol. The van der Waals surface area contributed by atoms with Crippen LogP contribution in [0.4, 0.5) is 0 Å². The fraction of sp³-hybridized carbons (Fsp3) is 0.923. The molecule has 1 rings (SSSR count). The number of Topliss-reactive ketones (excluding diaryl/α,β-unsaturated/α-hetero) is 1. The largest absolute Gasteiger partial charge is 0.326 e. The molecule has 0 spiro atoms. The van der Waals surface area contributed by atoms with E-state index in [0.29, 0.717) is 18.1 Å². The highest BCUT2D eigenvalue weighted by molar-refractivity contribution is 5.81. The van der Waals surface area contributed by atoms with Gasteiger partial charge in [0.1, 0.15) is 5.78 Å². The predicted molar refractivity (Wildman–Crippen MR) is 63.6 cm³/mol. The molecule has 0 atom stereocenters. The van der Waals surface area contributed by atoms with Crippen LogP contribution in [0.5, 0.6) is 0 Å². The van der Waals surface area contributed by atoms with Crippen LogP contribution in [0.1, 0.15) is 59.3 Å². The van der Waals surface area contributed by atoms with Gasteiger partial charge in [-0.3, -0.25) is 4.79 Å². The Kier molecular flexibility index (Phi) is 4.32. The first-order chi connectivity index (χ1) is 6.88. The zero-order chi connectivity index (χ0) is 11.5. The Hall–Kier alpha value is -0.370. The van der Waals surface area contributed by atoms with Gasteiger partial charge in [0.15, 0.2) is 0 Å². The zero-order valence-corrected chi connectivity index (χ0v) is 10.4. The lowest BCUT2D eigenvalue weighted by atomic mass is 9.79. The van der Waals surface area contributed by atoms with Crippen molar-refractivity contribution in [3.8, 4) is 0 Å². The molecule has 0 aromatic rings. The Morgan fingerprint density at radius 2 is 1.80 bits per heavy atom. The minimum absolute atomic E-state index is 0.197. The van der Waals surface area contributed by atoms with Gasteiger partial charge in [-0.1, -0.05) is 19.8 Å². The number of hydrogen-bond donors (Lipinski definition) is 1. The van der Waals surface area contributed by atoms with Gasteiger partial charge in [-0.25, -0.2) is 0 Å². The van der Waals surface area contributed by atoms with Gasteiger partial charge in [0.05, 0.1) is 0 Å². The molecule has 0 aromatic heterocycles. The van der Waals surface area contributed by atoms with Crippen molar-refractivity contribution < 1.29 is 4.79 Å². The average Bonchev–Trinajstić information content (AvgIpc) is 2.14. The maximum Gasteiger partial charge on any atom is 0.136 e. The molecule has 2 nitrogen and oxygen atoms in total. The molecule has 1 saturated carbocycles.